The van der Waals surface area contributed by atoms with Gasteiger partial charge in [-0.3, -0.25) is 4.79 Å². The van der Waals surface area contributed by atoms with E-state index in [1.54, 1.807) is 29.8 Å². The molecule has 0 aliphatic heterocycles. The van der Waals surface area contributed by atoms with Crippen LogP contribution in [0.5, 0.6) is 5.75 Å². The summed E-state index contributed by atoms with van der Waals surface area (Å²) in [7, 11) is 1.80. The average Bonchev–Trinajstić information content (AvgIpc) is 3.03. The molecule has 1 amide bonds. The Kier molecular flexibility index (Phi) is 6.47. The fraction of sp³-hybridized carbons (Fsp3) is 0.211. The second-order valence-electron chi connectivity index (χ2n) is 6.21. The van der Waals surface area contributed by atoms with Crippen molar-refractivity contribution in [3.8, 4) is 17.1 Å². The standard InChI is InChI=1S/C19H18Br2N4O2S/c1-10-11(2)15(6-5-14(10)21)22-17(27)9-28-19-24-23-18(25(19)3)13-8-12(20)4-7-16(13)26/h4-8,26H,9H2,1-3H3,(H,22,27). The molecular formula is C19H18Br2N4O2S. The van der Waals surface area contributed by atoms with Gasteiger partial charge in [-0.1, -0.05) is 43.6 Å². The SMILES string of the molecule is Cc1c(Br)ccc(NC(=O)CSc2nnc(-c3cc(Br)ccc3O)n2C)c1C. The van der Waals surface area contributed by atoms with Crippen molar-refractivity contribution in [2.45, 2.75) is 19.0 Å². The van der Waals surface area contributed by atoms with Crippen LogP contribution in [0, 0.1) is 13.8 Å². The number of benzene rings is 2. The molecule has 0 radical (unpaired) electrons. The first kappa shape index (κ1) is 20.9. The second-order valence-corrected chi connectivity index (χ2v) is 8.92. The molecule has 3 rings (SSSR count). The minimum Gasteiger partial charge on any atom is -0.507 e. The molecule has 1 heterocycles. The number of nitrogens with zero attached hydrogens (tertiary/aromatic N) is 3. The summed E-state index contributed by atoms with van der Waals surface area (Å²) in [5.41, 5.74) is 3.49. The third-order valence-corrected chi connectivity index (χ3v) is 6.73. The number of phenols is 1. The molecule has 3 aromatic rings. The molecular weight excluding hydrogens is 508 g/mol. The Balaban J connectivity index is 1.70. The summed E-state index contributed by atoms with van der Waals surface area (Å²) in [6.07, 6.45) is 0. The Bertz CT molecular complexity index is 1050. The summed E-state index contributed by atoms with van der Waals surface area (Å²) in [4.78, 5) is 12.4. The number of halogens is 2. The quantitative estimate of drug-likeness (QED) is 0.455. The molecule has 9 heteroatoms. The van der Waals surface area contributed by atoms with E-state index < -0.39 is 0 Å². The van der Waals surface area contributed by atoms with E-state index in [4.69, 9.17) is 0 Å². The smallest absolute Gasteiger partial charge is 0.234 e. The number of hydrogen-bond donors (Lipinski definition) is 2. The van der Waals surface area contributed by atoms with Gasteiger partial charge in [0.05, 0.1) is 11.3 Å². The normalized spacial score (nSPS) is 10.9. The fourth-order valence-electron chi connectivity index (χ4n) is 2.60. The zero-order chi connectivity index (χ0) is 20.4. The Morgan fingerprint density at radius 2 is 1.93 bits per heavy atom. The Morgan fingerprint density at radius 3 is 2.68 bits per heavy atom. The van der Waals surface area contributed by atoms with Crippen LogP contribution in [-0.2, 0) is 11.8 Å². The lowest BCUT2D eigenvalue weighted by atomic mass is 10.1. The minimum atomic E-state index is -0.121. The van der Waals surface area contributed by atoms with Gasteiger partial charge in [0, 0.05) is 21.7 Å². The molecule has 0 atom stereocenters. The molecule has 0 aliphatic rings. The van der Waals surface area contributed by atoms with Gasteiger partial charge in [-0.05, 0) is 55.3 Å². The molecule has 0 saturated carbocycles. The monoisotopic (exact) mass is 524 g/mol. The molecule has 0 fully saturated rings. The van der Waals surface area contributed by atoms with E-state index in [0.717, 1.165) is 25.8 Å². The largest absolute Gasteiger partial charge is 0.507 e. The van der Waals surface area contributed by atoms with Gasteiger partial charge in [0.1, 0.15) is 5.75 Å². The topological polar surface area (TPSA) is 80.0 Å². The summed E-state index contributed by atoms with van der Waals surface area (Å²) < 4.78 is 3.60. The van der Waals surface area contributed by atoms with E-state index in [-0.39, 0.29) is 17.4 Å². The lowest BCUT2D eigenvalue weighted by molar-refractivity contribution is -0.113. The van der Waals surface area contributed by atoms with Gasteiger partial charge >= 0.3 is 0 Å². The Morgan fingerprint density at radius 1 is 1.18 bits per heavy atom. The second kappa shape index (κ2) is 8.67. The summed E-state index contributed by atoms with van der Waals surface area (Å²) in [6, 6.07) is 8.92. The average molecular weight is 526 g/mol. The maximum absolute atomic E-state index is 12.4. The summed E-state index contributed by atoms with van der Waals surface area (Å²) in [5, 5.41) is 21.9. The van der Waals surface area contributed by atoms with Crippen molar-refractivity contribution in [1.82, 2.24) is 14.8 Å². The summed E-state index contributed by atoms with van der Waals surface area (Å²) in [6.45, 7) is 3.98. The number of hydrogen-bond acceptors (Lipinski definition) is 5. The van der Waals surface area contributed by atoms with Crippen LogP contribution in [0.15, 0.2) is 44.4 Å². The number of amides is 1. The molecule has 0 unspecified atom stereocenters. The maximum atomic E-state index is 12.4. The summed E-state index contributed by atoms with van der Waals surface area (Å²) in [5.74, 6) is 0.727. The zero-order valence-corrected chi connectivity index (χ0v) is 19.4. The van der Waals surface area contributed by atoms with Gasteiger partial charge in [0.2, 0.25) is 5.91 Å². The predicted octanol–water partition coefficient (Wildman–Crippen LogP) is 5.06. The van der Waals surface area contributed by atoms with Crippen LogP contribution in [0.3, 0.4) is 0 Å². The lowest BCUT2D eigenvalue weighted by Crippen LogP contribution is -2.15. The van der Waals surface area contributed by atoms with Gasteiger partial charge in [0.25, 0.3) is 0 Å². The number of thioether (sulfide) groups is 1. The number of anilines is 1. The number of aromatic nitrogens is 3. The maximum Gasteiger partial charge on any atom is 0.234 e. The van der Waals surface area contributed by atoms with Crippen LogP contribution >= 0.6 is 43.6 Å². The highest BCUT2D eigenvalue weighted by Crippen LogP contribution is 2.32. The van der Waals surface area contributed by atoms with Crippen LogP contribution in [0.1, 0.15) is 11.1 Å². The van der Waals surface area contributed by atoms with Gasteiger partial charge in [-0.2, -0.15) is 0 Å². The fourth-order valence-corrected chi connectivity index (χ4v) is 4.10. The number of carbonyl (C=O) groups is 1. The molecule has 0 aliphatic carbocycles. The predicted molar refractivity (Wildman–Crippen MR) is 119 cm³/mol. The van der Waals surface area contributed by atoms with Crippen molar-refractivity contribution in [2.75, 3.05) is 11.1 Å². The first-order chi connectivity index (χ1) is 13.3. The van der Waals surface area contributed by atoms with E-state index in [1.807, 2.05) is 26.0 Å². The van der Waals surface area contributed by atoms with Crippen molar-refractivity contribution in [1.29, 1.82) is 0 Å². The molecule has 1 aromatic heterocycles. The number of aromatic hydroxyl groups is 1. The molecule has 0 saturated heterocycles. The van der Waals surface area contributed by atoms with Crippen LogP contribution in [0.4, 0.5) is 5.69 Å². The molecule has 2 aromatic carbocycles. The third kappa shape index (κ3) is 4.42. The van der Waals surface area contributed by atoms with E-state index in [9.17, 15) is 9.90 Å². The van der Waals surface area contributed by atoms with Crippen molar-refractivity contribution in [2.24, 2.45) is 7.05 Å². The molecule has 2 N–H and O–H groups in total. The van der Waals surface area contributed by atoms with E-state index >= 15 is 0 Å². The molecule has 146 valence electrons. The number of nitrogens with one attached hydrogen (secondary N) is 1. The van der Waals surface area contributed by atoms with Crippen molar-refractivity contribution >= 4 is 55.2 Å². The van der Waals surface area contributed by atoms with Gasteiger partial charge < -0.3 is 15.0 Å². The minimum absolute atomic E-state index is 0.120. The van der Waals surface area contributed by atoms with E-state index in [1.165, 1.54) is 11.8 Å². The highest BCUT2D eigenvalue weighted by Gasteiger charge is 2.16. The van der Waals surface area contributed by atoms with E-state index in [0.29, 0.717) is 16.5 Å². The van der Waals surface area contributed by atoms with Gasteiger partial charge in [-0.25, -0.2) is 0 Å². The Labute approximate surface area is 184 Å². The lowest BCUT2D eigenvalue weighted by Gasteiger charge is -2.11. The first-order valence-corrected chi connectivity index (χ1v) is 10.9. The van der Waals surface area contributed by atoms with Crippen LogP contribution in [-0.4, -0.2) is 31.5 Å². The van der Waals surface area contributed by atoms with Crippen molar-refractivity contribution < 1.29 is 9.90 Å². The van der Waals surface area contributed by atoms with Crippen molar-refractivity contribution in [3.05, 3.63) is 50.4 Å². The zero-order valence-electron chi connectivity index (χ0n) is 15.5. The number of phenolic OH excluding ortho intramolecular Hbond substituents is 1. The number of rotatable bonds is 5. The molecule has 0 bridgehead atoms. The third-order valence-electron chi connectivity index (χ3n) is 4.36. The number of carbonyl (C=O) groups excluding carboxylic acids is 1. The van der Waals surface area contributed by atoms with Crippen LogP contribution in [0.25, 0.3) is 11.4 Å². The van der Waals surface area contributed by atoms with Crippen LogP contribution in [0.2, 0.25) is 0 Å². The molecule has 0 spiro atoms. The van der Waals surface area contributed by atoms with E-state index in [2.05, 4.69) is 47.4 Å². The highest BCUT2D eigenvalue weighted by atomic mass is 79.9. The van der Waals surface area contributed by atoms with Crippen LogP contribution < -0.4 is 5.32 Å². The van der Waals surface area contributed by atoms with Gasteiger partial charge in [0.15, 0.2) is 11.0 Å². The Hall–Kier alpha value is -1.84. The molecule has 28 heavy (non-hydrogen) atoms. The highest BCUT2D eigenvalue weighted by molar-refractivity contribution is 9.10. The van der Waals surface area contributed by atoms with Crippen molar-refractivity contribution in [3.63, 3.8) is 0 Å². The molecule has 6 nitrogen and oxygen atoms in total. The van der Waals surface area contributed by atoms with Gasteiger partial charge in [-0.15, -0.1) is 10.2 Å². The first-order valence-electron chi connectivity index (χ1n) is 8.34. The summed E-state index contributed by atoms with van der Waals surface area (Å²) >= 11 is 8.17.